The summed E-state index contributed by atoms with van der Waals surface area (Å²) < 4.78 is 6.08. The summed E-state index contributed by atoms with van der Waals surface area (Å²) >= 11 is 6.15. The number of hydrogen-bond acceptors (Lipinski definition) is 12. The Morgan fingerprint density at radius 1 is 0.930 bits per heavy atom. The zero-order valence-corrected chi connectivity index (χ0v) is 33.0. The first kappa shape index (κ1) is 39.9. The number of carbonyl (C=O) groups is 4. The van der Waals surface area contributed by atoms with Crippen molar-refractivity contribution in [3.05, 3.63) is 70.5 Å². The number of nitrogens with one attached hydrogen (secondary N) is 2. The van der Waals surface area contributed by atoms with Crippen LogP contribution >= 0.6 is 11.6 Å². The third-order valence-corrected chi connectivity index (χ3v) is 11.9. The predicted octanol–water partition coefficient (Wildman–Crippen LogP) is 3.36. The number of imide groups is 1. The molecule has 15 nitrogen and oxygen atoms in total. The van der Waals surface area contributed by atoms with Crippen LogP contribution in [-0.2, 0) is 20.8 Å². The molecule has 2 aromatic heterocycles. The molecule has 1 unspecified atom stereocenters. The van der Waals surface area contributed by atoms with Crippen LogP contribution in [0.4, 0.5) is 11.6 Å². The highest BCUT2D eigenvalue weighted by Gasteiger charge is 2.33. The molecule has 3 saturated heterocycles. The Balaban J connectivity index is 0.798. The summed E-state index contributed by atoms with van der Waals surface area (Å²) in [5, 5.41) is 23.6. The molecular formula is C41H49ClN10O5. The van der Waals surface area contributed by atoms with Crippen molar-refractivity contribution in [3.8, 4) is 11.8 Å². The summed E-state index contributed by atoms with van der Waals surface area (Å²) in [5.74, 6) is 1.71. The van der Waals surface area contributed by atoms with E-state index in [1.165, 1.54) is 4.90 Å². The van der Waals surface area contributed by atoms with Crippen molar-refractivity contribution in [1.82, 2.24) is 35.6 Å². The summed E-state index contributed by atoms with van der Waals surface area (Å²) in [6, 6.07) is 15.9. The molecule has 7 rings (SSSR count). The van der Waals surface area contributed by atoms with Gasteiger partial charge in [0, 0.05) is 71.4 Å². The molecule has 4 fully saturated rings. The smallest absolute Gasteiger partial charge is 0.272 e. The molecule has 5 heterocycles. The minimum Gasteiger partial charge on any atom is -0.490 e. The lowest BCUT2D eigenvalue weighted by Gasteiger charge is -2.39. The van der Waals surface area contributed by atoms with Crippen LogP contribution < -0.4 is 25.2 Å². The van der Waals surface area contributed by atoms with Crippen LogP contribution in [0, 0.1) is 17.2 Å². The van der Waals surface area contributed by atoms with Gasteiger partial charge in [-0.25, -0.2) is 4.98 Å². The van der Waals surface area contributed by atoms with Crippen LogP contribution in [0.1, 0.15) is 73.1 Å². The molecule has 16 heteroatoms. The Bertz CT molecular complexity index is 1970. The van der Waals surface area contributed by atoms with E-state index in [2.05, 4.69) is 41.6 Å². The van der Waals surface area contributed by atoms with E-state index in [4.69, 9.17) is 26.6 Å². The average molecular weight is 797 g/mol. The van der Waals surface area contributed by atoms with Gasteiger partial charge in [0.25, 0.3) is 5.91 Å². The number of anilines is 2. The van der Waals surface area contributed by atoms with Gasteiger partial charge in [0.1, 0.15) is 23.7 Å². The molecule has 3 aromatic rings. The number of likely N-dealkylation sites (N-methyl/N-ethyl adjacent to an activating group) is 1. The van der Waals surface area contributed by atoms with E-state index in [9.17, 15) is 19.2 Å². The van der Waals surface area contributed by atoms with Crippen molar-refractivity contribution >= 4 is 46.9 Å². The number of amides is 4. The van der Waals surface area contributed by atoms with Crippen LogP contribution in [0.2, 0.25) is 5.02 Å². The Morgan fingerprint density at radius 3 is 2.37 bits per heavy atom. The Morgan fingerprint density at radius 2 is 1.68 bits per heavy atom. The zero-order valence-electron chi connectivity index (χ0n) is 32.2. The number of piperidine rings is 2. The number of rotatable bonds is 11. The lowest BCUT2D eigenvalue weighted by Crippen LogP contribution is -2.53. The lowest BCUT2D eigenvalue weighted by atomic mass is 9.93. The molecule has 1 aromatic carbocycles. The normalized spacial score (nSPS) is 22.0. The molecule has 4 amide bonds. The summed E-state index contributed by atoms with van der Waals surface area (Å²) in [7, 11) is 1.60. The quantitative estimate of drug-likeness (QED) is 0.271. The van der Waals surface area contributed by atoms with Crippen molar-refractivity contribution in [2.75, 3.05) is 62.7 Å². The number of piperazine rings is 1. The molecule has 3 aliphatic heterocycles. The number of hydrogen-bond donors (Lipinski definition) is 2. The van der Waals surface area contributed by atoms with Gasteiger partial charge in [-0.1, -0.05) is 17.7 Å². The Hall–Kier alpha value is -5.33. The molecule has 57 heavy (non-hydrogen) atoms. The second-order valence-corrected chi connectivity index (χ2v) is 15.9. The van der Waals surface area contributed by atoms with E-state index < -0.39 is 11.9 Å². The minimum atomic E-state index is -0.645. The van der Waals surface area contributed by atoms with Gasteiger partial charge in [0.15, 0.2) is 11.5 Å². The first-order valence-corrected chi connectivity index (χ1v) is 20.3. The SMILES string of the molecule is CN(C(=O)Cc1cccc(N2CCN(CC3CCN(c4ccc(C(=O)NC5CCC(Oc6ccc(C#N)c(Cl)c6)CC5)nn4)CC3)CC2)n1)C1CCC(=O)NC1=O. The third kappa shape index (κ3) is 10.2. The van der Waals surface area contributed by atoms with Crippen LogP contribution in [0.15, 0.2) is 48.5 Å². The number of carbonyl (C=O) groups excluding carboxylic acids is 4. The van der Waals surface area contributed by atoms with Crippen molar-refractivity contribution in [1.29, 1.82) is 5.26 Å². The van der Waals surface area contributed by atoms with E-state index in [0.717, 1.165) is 96.0 Å². The molecular weight excluding hydrogens is 748 g/mol. The number of benzene rings is 1. The topological polar surface area (TPSA) is 177 Å². The van der Waals surface area contributed by atoms with Crippen LogP contribution in [0.3, 0.4) is 0 Å². The van der Waals surface area contributed by atoms with E-state index in [1.807, 2.05) is 24.3 Å². The summed E-state index contributed by atoms with van der Waals surface area (Å²) in [6.45, 7) is 6.38. The van der Waals surface area contributed by atoms with Gasteiger partial charge in [-0.05, 0) is 87.3 Å². The Kier molecular flexibility index (Phi) is 12.8. The predicted molar refractivity (Wildman–Crippen MR) is 213 cm³/mol. The standard InChI is InChI=1S/C41H49ClN10O5/c1-49(35-12-14-38(53)46-41(35)56)39(54)23-30-3-2-4-36(44-30)52-21-19-50(20-22-52)26-27-15-17-51(18-16-27)37-13-11-34(47-48-37)40(55)45-29-6-9-31(10-7-29)57-32-8-5-28(25-43)33(42)24-32/h2-5,8,11,13,24,27,29,31,35H,6-7,9-10,12,14-23,26H2,1H3,(H,45,55)(H,46,53,56). The van der Waals surface area contributed by atoms with E-state index in [-0.39, 0.29) is 42.7 Å². The highest BCUT2D eigenvalue weighted by molar-refractivity contribution is 6.31. The number of pyridine rings is 1. The molecule has 0 radical (unpaired) electrons. The van der Waals surface area contributed by atoms with Crippen molar-refractivity contribution in [2.45, 2.75) is 76.0 Å². The van der Waals surface area contributed by atoms with Gasteiger partial charge >= 0.3 is 0 Å². The fourth-order valence-electron chi connectivity index (χ4n) is 8.17. The number of nitrogens with zero attached hydrogens (tertiary/aromatic N) is 8. The molecule has 1 atom stereocenters. The van der Waals surface area contributed by atoms with Gasteiger partial charge in [-0.3, -0.25) is 29.4 Å². The highest BCUT2D eigenvalue weighted by atomic mass is 35.5. The monoisotopic (exact) mass is 796 g/mol. The maximum atomic E-state index is 13.0. The number of nitriles is 1. The van der Waals surface area contributed by atoms with E-state index >= 15 is 0 Å². The average Bonchev–Trinajstić information content (AvgIpc) is 3.22. The van der Waals surface area contributed by atoms with Gasteiger partial charge in [0.2, 0.25) is 17.7 Å². The molecule has 0 bridgehead atoms. The molecule has 0 spiro atoms. The van der Waals surface area contributed by atoms with Crippen LogP contribution in [0.25, 0.3) is 0 Å². The first-order chi connectivity index (χ1) is 27.6. The molecule has 1 saturated carbocycles. The second kappa shape index (κ2) is 18.3. The van der Waals surface area contributed by atoms with E-state index in [1.54, 1.807) is 31.3 Å². The molecule has 4 aliphatic rings. The van der Waals surface area contributed by atoms with Gasteiger partial charge in [-0.15, -0.1) is 10.2 Å². The van der Waals surface area contributed by atoms with Crippen LogP contribution in [-0.4, -0.2) is 120 Å². The van der Waals surface area contributed by atoms with Gasteiger partial charge in [0.05, 0.1) is 28.8 Å². The fraction of sp³-hybridized carbons (Fsp3) is 0.512. The second-order valence-electron chi connectivity index (χ2n) is 15.4. The summed E-state index contributed by atoms with van der Waals surface area (Å²) in [4.78, 5) is 63.0. The third-order valence-electron chi connectivity index (χ3n) is 11.6. The molecule has 300 valence electrons. The maximum absolute atomic E-state index is 13.0. The lowest BCUT2D eigenvalue weighted by molar-refractivity contribution is -0.144. The van der Waals surface area contributed by atoms with Crippen molar-refractivity contribution in [2.24, 2.45) is 5.92 Å². The number of ether oxygens (including phenoxy) is 1. The van der Waals surface area contributed by atoms with E-state index in [0.29, 0.717) is 40.1 Å². The summed E-state index contributed by atoms with van der Waals surface area (Å²) in [5.41, 5.74) is 1.39. The maximum Gasteiger partial charge on any atom is 0.272 e. The van der Waals surface area contributed by atoms with Crippen molar-refractivity contribution in [3.63, 3.8) is 0 Å². The van der Waals surface area contributed by atoms with Crippen molar-refractivity contribution < 1.29 is 23.9 Å². The molecule has 1 aliphatic carbocycles. The Labute approximate surface area is 337 Å². The van der Waals surface area contributed by atoms with Gasteiger partial charge in [-0.2, -0.15) is 5.26 Å². The highest BCUT2D eigenvalue weighted by Crippen LogP contribution is 2.28. The van der Waals surface area contributed by atoms with Crippen LogP contribution in [0.5, 0.6) is 5.75 Å². The number of halogens is 1. The summed E-state index contributed by atoms with van der Waals surface area (Å²) in [6.07, 6.45) is 5.96. The fourth-order valence-corrected chi connectivity index (χ4v) is 8.38. The minimum absolute atomic E-state index is 0.0259. The largest absolute Gasteiger partial charge is 0.490 e. The first-order valence-electron chi connectivity index (χ1n) is 19.9. The number of aromatic nitrogens is 3. The molecule has 2 N–H and O–H groups in total. The van der Waals surface area contributed by atoms with Gasteiger partial charge < -0.3 is 24.8 Å². The zero-order chi connectivity index (χ0) is 39.9.